The maximum Gasteiger partial charge on any atom is 0.303 e. The molecule has 0 saturated carbocycles. The van der Waals surface area contributed by atoms with Crippen LogP contribution in [-0.2, 0) is 70.7 Å². The summed E-state index contributed by atoms with van der Waals surface area (Å²) in [5, 5.41) is 192. The van der Waals surface area contributed by atoms with E-state index in [4.69, 9.17) is 61.9 Å². The molecule has 450 valence electrons. The SMILES string of the molecule is CCC1O[C@@H](OC2[C@@H](OCC3O[C@H](OCC4O[C@@H](OCCCC(=O)O)C(O)[C@@H](O[C@H]5OC(CO)[C@@H](O)[C@H](O)C5O[C@H]5OC(COP(=O)([O-])[O-])[C@@H](O)[C@H](O)C5O)[C@@H]4O)C(O)[C@@H](O)[C@@H]3O)OC(CO)[C@@H](O)[C@@H]2O)C(O)[C@@H](O)[C@@H]1O. The Morgan fingerprint density at radius 1 is 0.429 bits per heavy atom. The first-order valence-electron chi connectivity index (χ1n) is 24.3. The molecule has 0 aromatic heterocycles. The summed E-state index contributed by atoms with van der Waals surface area (Å²) in [6, 6.07) is 0. The van der Waals surface area contributed by atoms with Gasteiger partial charge in [-0.15, -0.1) is 0 Å². The number of hydrogen-bond acceptors (Lipinski definition) is 34. The highest BCUT2D eigenvalue weighted by Crippen LogP contribution is 2.36. The zero-order valence-electron chi connectivity index (χ0n) is 40.6. The van der Waals surface area contributed by atoms with Gasteiger partial charge in [0, 0.05) is 6.42 Å². The van der Waals surface area contributed by atoms with Gasteiger partial charge in [0.05, 0.1) is 53.6 Å². The predicted octanol–water partition coefficient (Wildman–Crippen LogP) is -12.9. The number of phosphoric ester groups is 1. The van der Waals surface area contributed by atoms with E-state index in [1.807, 2.05) is 0 Å². The van der Waals surface area contributed by atoms with Crippen LogP contribution in [0.15, 0.2) is 0 Å². The Kier molecular flexibility index (Phi) is 23.6. The van der Waals surface area contributed by atoms with Crippen LogP contribution in [0.25, 0.3) is 0 Å². The molecule has 0 aromatic rings. The maximum atomic E-state index is 11.7. The largest absolute Gasteiger partial charge is 0.790 e. The summed E-state index contributed by atoms with van der Waals surface area (Å²) in [5.41, 5.74) is 0. The van der Waals surface area contributed by atoms with Crippen LogP contribution in [-0.4, -0.2) is 322 Å². The van der Waals surface area contributed by atoms with Crippen LogP contribution in [0.1, 0.15) is 26.2 Å². The lowest BCUT2D eigenvalue weighted by Gasteiger charge is -2.49. The summed E-state index contributed by atoms with van der Waals surface area (Å²) in [7, 11) is -5.70. The molecule has 0 aromatic carbocycles. The zero-order chi connectivity index (χ0) is 57.0. The van der Waals surface area contributed by atoms with Gasteiger partial charge in [-0.3, -0.25) is 4.79 Å². The van der Waals surface area contributed by atoms with Crippen LogP contribution in [0.5, 0.6) is 0 Å². The lowest BCUT2D eigenvalue weighted by molar-refractivity contribution is -0.392. The molecule has 36 heteroatoms. The van der Waals surface area contributed by atoms with E-state index >= 15 is 0 Å². The normalized spacial score (nSPS) is 48.2. The lowest BCUT2D eigenvalue weighted by atomic mass is 9.96. The van der Waals surface area contributed by atoms with Crippen molar-refractivity contribution in [2.75, 3.05) is 39.6 Å². The minimum absolute atomic E-state index is 0.117. The van der Waals surface area contributed by atoms with Crippen molar-refractivity contribution in [1.29, 1.82) is 0 Å². The molecule has 35 nitrogen and oxygen atoms in total. The molecule has 0 radical (unpaired) electrons. The first-order chi connectivity index (χ1) is 36.2. The molecule has 6 aliphatic rings. The Labute approximate surface area is 435 Å². The molecule has 6 aliphatic heterocycles. The predicted molar refractivity (Wildman–Crippen MR) is 229 cm³/mol. The van der Waals surface area contributed by atoms with E-state index in [0.29, 0.717) is 0 Å². The van der Waals surface area contributed by atoms with Gasteiger partial charge in [0.1, 0.15) is 140 Å². The third kappa shape index (κ3) is 15.4. The standard InChI is InChI=1S/C41H71O35P/c1-2-11-18(46)24(52)30(58)38(68-11)75-34-27(55)19(47)12(6-42)69-40(34)66-8-14-21(49)25(53)29(57)36(71-14)65-9-15-23(51)33(32(60)37(72-15)64-5-3-4-17(44)45)74-41-35(28(56)20(48)13(7-43)70-41)76-39-31(59)26(54)22(50)16(73-39)10-67-77(61,62)63/h11-16,18-43,46-60H,2-10H2,1H3,(H,44,45)(H2,61,62,63)/p-2/t11?,12?,13?,14?,15?,16?,18-,19-,20-,21-,22-,23-,24+,25+,26+,27+,28+,29?,30?,31?,32?,33+,34?,35?,36+,37-,38+,39-,40+,41-/m1/s1. The summed E-state index contributed by atoms with van der Waals surface area (Å²) >= 11 is 0. The van der Waals surface area contributed by atoms with E-state index in [1.54, 1.807) is 6.92 Å². The number of ether oxygens (including phenoxy) is 12. The summed E-state index contributed by atoms with van der Waals surface area (Å²) in [6.07, 6.45) is -58.5. The van der Waals surface area contributed by atoms with Gasteiger partial charge in [-0.25, -0.2) is 0 Å². The molecule has 0 amide bonds. The van der Waals surface area contributed by atoms with Crippen molar-refractivity contribution in [3.8, 4) is 0 Å². The Hall–Kier alpha value is -1.58. The molecule has 0 spiro atoms. The van der Waals surface area contributed by atoms with Crippen molar-refractivity contribution in [3.05, 3.63) is 0 Å². The van der Waals surface area contributed by atoms with Gasteiger partial charge in [0.15, 0.2) is 37.7 Å². The van der Waals surface area contributed by atoms with Crippen molar-refractivity contribution in [3.63, 3.8) is 0 Å². The highest BCUT2D eigenvalue weighted by Gasteiger charge is 2.56. The maximum absolute atomic E-state index is 11.7. The molecular formula is C41H69O35P-2. The fourth-order valence-corrected chi connectivity index (χ4v) is 9.47. The van der Waals surface area contributed by atoms with Crippen LogP contribution < -0.4 is 9.79 Å². The van der Waals surface area contributed by atoms with E-state index in [2.05, 4.69) is 4.52 Å². The second-order valence-electron chi connectivity index (χ2n) is 19.0. The number of carboxylic acid groups (broad SMARTS) is 1. The van der Waals surface area contributed by atoms with Gasteiger partial charge in [0.2, 0.25) is 0 Å². The number of rotatable bonds is 23. The second kappa shape index (κ2) is 28.1. The molecule has 18 N–H and O–H groups in total. The van der Waals surface area contributed by atoms with Crippen LogP contribution in [0.4, 0.5) is 0 Å². The highest BCUT2D eigenvalue weighted by atomic mass is 31.2. The molecule has 0 aliphatic carbocycles. The Morgan fingerprint density at radius 2 is 0.805 bits per heavy atom. The molecule has 77 heavy (non-hydrogen) atoms. The first kappa shape index (κ1) is 64.6. The molecule has 6 rings (SSSR count). The van der Waals surface area contributed by atoms with Gasteiger partial charge in [-0.1, -0.05) is 6.92 Å². The molecule has 30 atom stereocenters. The van der Waals surface area contributed by atoms with Crippen molar-refractivity contribution < 1.29 is 172 Å². The molecule has 0 bridgehead atoms. The van der Waals surface area contributed by atoms with Crippen molar-refractivity contribution >= 4 is 13.8 Å². The number of carboxylic acids is 1. The van der Waals surface area contributed by atoms with Gasteiger partial charge < -0.3 is 168 Å². The number of aliphatic hydroxyl groups excluding tert-OH is 17. The third-order valence-corrected chi connectivity index (χ3v) is 14.1. The summed E-state index contributed by atoms with van der Waals surface area (Å²) < 4.78 is 83.2. The number of carbonyl (C=O) groups is 1. The van der Waals surface area contributed by atoms with Crippen LogP contribution >= 0.6 is 7.82 Å². The zero-order valence-corrected chi connectivity index (χ0v) is 41.5. The van der Waals surface area contributed by atoms with Crippen LogP contribution in [0.3, 0.4) is 0 Å². The average molecular weight is 1150 g/mol. The number of hydrogen-bond donors (Lipinski definition) is 18. The number of aliphatic hydroxyl groups is 17. The minimum Gasteiger partial charge on any atom is -0.790 e. The van der Waals surface area contributed by atoms with E-state index in [-0.39, 0.29) is 12.8 Å². The number of aliphatic carboxylic acids is 1. The van der Waals surface area contributed by atoms with E-state index in [1.165, 1.54) is 0 Å². The Balaban J connectivity index is 1.19. The molecule has 6 heterocycles. The van der Waals surface area contributed by atoms with Crippen molar-refractivity contribution in [1.82, 2.24) is 0 Å². The van der Waals surface area contributed by atoms with Crippen molar-refractivity contribution in [2.45, 2.75) is 210 Å². The molecule has 6 fully saturated rings. The van der Waals surface area contributed by atoms with Gasteiger partial charge in [-0.05, 0) is 12.8 Å². The van der Waals surface area contributed by atoms with Gasteiger partial charge in [-0.2, -0.15) is 0 Å². The summed E-state index contributed by atoms with van der Waals surface area (Å²) in [4.78, 5) is 33.5. The number of phosphoric acid groups is 1. The van der Waals surface area contributed by atoms with Crippen LogP contribution in [0, 0.1) is 0 Å². The van der Waals surface area contributed by atoms with E-state index in [0.717, 1.165) is 0 Å². The first-order valence-corrected chi connectivity index (χ1v) is 25.7. The van der Waals surface area contributed by atoms with Gasteiger partial charge in [0.25, 0.3) is 0 Å². The fraction of sp³-hybridized carbons (Fsp3) is 0.976. The highest BCUT2D eigenvalue weighted by molar-refractivity contribution is 7.43. The molecular weight excluding hydrogens is 1080 g/mol. The van der Waals surface area contributed by atoms with Crippen molar-refractivity contribution in [2.24, 2.45) is 0 Å². The monoisotopic (exact) mass is 1150 g/mol. The average Bonchev–Trinajstić information content (AvgIpc) is 3.40. The summed E-state index contributed by atoms with van der Waals surface area (Å²) in [6.45, 7) is -3.77. The van der Waals surface area contributed by atoms with E-state index in [9.17, 15) is 106 Å². The molecule has 6 saturated heterocycles. The third-order valence-electron chi connectivity index (χ3n) is 13.6. The smallest absolute Gasteiger partial charge is 0.303 e. The molecule has 12 unspecified atom stereocenters. The Morgan fingerprint density at radius 3 is 1.30 bits per heavy atom. The van der Waals surface area contributed by atoms with Gasteiger partial charge >= 0.3 is 5.97 Å². The second-order valence-corrected chi connectivity index (χ2v) is 20.1. The fourth-order valence-electron chi connectivity index (χ4n) is 9.14. The van der Waals surface area contributed by atoms with Crippen LogP contribution in [0.2, 0.25) is 0 Å². The Bertz CT molecular complexity index is 1860. The minimum atomic E-state index is -5.70. The van der Waals surface area contributed by atoms with E-state index < -0.39 is 244 Å². The quantitative estimate of drug-likeness (QED) is 0.0334. The lowest BCUT2D eigenvalue weighted by Crippen LogP contribution is -2.67. The summed E-state index contributed by atoms with van der Waals surface area (Å²) in [5.74, 6) is -1.24. The topological polar surface area (TPSA) is 564 Å².